The van der Waals surface area contributed by atoms with Gasteiger partial charge in [-0.1, -0.05) is 0 Å². The van der Waals surface area contributed by atoms with E-state index in [-0.39, 0.29) is 5.54 Å². The Balaban J connectivity index is 2.04. The van der Waals surface area contributed by atoms with Crippen molar-refractivity contribution in [1.29, 1.82) is 0 Å². The van der Waals surface area contributed by atoms with Crippen LogP contribution >= 0.6 is 0 Å². The summed E-state index contributed by atoms with van der Waals surface area (Å²) in [5.74, 6) is 0. The van der Waals surface area contributed by atoms with Gasteiger partial charge in [-0.3, -0.25) is 4.84 Å². The monoisotopic (exact) mass is 186 g/mol. The Hall–Kier alpha value is -0.120. The molecule has 0 spiro atoms. The Bertz CT molecular complexity index is 136. The molecule has 3 heteroatoms. The molecule has 1 fully saturated rings. The molecule has 78 valence electrons. The summed E-state index contributed by atoms with van der Waals surface area (Å²) in [5, 5.41) is 5.52. The maximum Gasteiger partial charge on any atom is 0.0685 e. The Labute approximate surface area is 81.4 Å². The first-order valence-electron chi connectivity index (χ1n) is 5.21. The molecule has 0 radical (unpaired) electrons. The van der Waals surface area contributed by atoms with Crippen molar-refractivity contribution in [3.8, 4) is 0 Å². The second-order valence-corrected chi connectivity index (χ2v) is 4.65. The molecule has 13 heavy (non-hydrogen) atoms. The summed E-state index contributed by atoms with van der Waals surface area (Å²) in [6, 6.07) is 0. The van der Waals surface area contributed by atoms with Crippen LogP contribution in [0.3, 0.4) is 0 Å². The van der Waals surface area contributed by atoms with Gasteiger partial charge in [0, 0.05) is 25.2 Å². The van der Waals surface area contributed by atoms with Crippen molar-refractivity contribution in [3.05, 3.63) is 0 Å². The first-order valence-corrected chi connectivity index (χ1v) is 5.21. The summed E-state index contributed by atoms with van der Waals surface area (Å²) in [5.41, 5.74) is 0.218. The maximum absolute atomic E-state index is 5.49. The zero-order chi connectivity index (χ0) is 9.73. The third-order valence-corrected chi connectivity index (χ3v) is 2.09. The molecule has 0 aromatic heterocycles. The molecule has 1 aliphatic heterocycles. The molecule has 1 aliphatic rings. The molecule has 0 aromatic carbocycles. The minimum absolute atomic E-state index is 0.218. The largest absolute Gasteiger partial charge is 0.311 e. The number of nitrogens with one attached hydrogen (secondary N) is 1. The van der Waals surface area contributed by atoms with Crippen molar-refractivity contribution in [2.45, 2.75) is 39.2 Å². The topological polar surface area (TPSA) is 24.5 Å². The van der Waals surface area contributed by atoms with Crippen LogP contribution in [-0.2, 0) is 4.84 Å². The van der Waals surface area contributed by atoms with Gasteiger partial charge < -0.3 is 5.32 Å². The van der Waals surface area contributed by atoms with E-state index in [2.05, 4.69) is 31.2 Å². The van der Waals surface area contributed by atoms with E-state index in [1.54, 1.807) is 0 Å². The van der Waals surface area contributed by atoms with Gasteiger partial charge in [-0.05, 0) is 33.6 Å². The van der Waals surface area contributed by atoms with Crippen molar-refractivity contribution >= 4 is 0 Å². The quantitative estimate of drug-likeness (QED) is 0.721. The summed E-state index contributed by atoms with van der Waals surface area (Å²) in [7, 11) is 0. The fourth-order valence-corrected chi connectivity index (χ4v) is 1.38. The highest BCUT2D eigenvalue weighted by molar-refractivity contribution is 4.70. The molecule has 0 atom stereocenters. The van der Waals surface area contributed by atoms with E-state index in [0.717, 1.165) is 26.2 Å². The van der Waals surface area contributed by atoms with Crippen molar-refractivity contribution < 1.29 is 4.84 Å². The first kappa shape index (κ1) is 11.0. The average Bonchev–Trinajstić information content (AvgIpc) is 2.04. The molecule has 3 nitrogen and oxygen atoms in total. The second kappa shape index (κ2) is 4.94. The molecule has 0 saturated carbocycles. The molecule has 1 heterocycles. The first-order chi connectivity index (χ1) is 6.08. The number of hydrogen-bond acceptors (Lipinski definition) is 3. The lowest BCUT2D eigenvalue weighted by atomic mass is 10.1. The zero-order valence-electron chi connectivity index (χ0n) is 9.10. The Morgan fingerprint density at radius 2 is 2.08 bits per heavy atom. The Morgan fingerprint density at radius 1 is 1.31 bits per heavy atom. The van der Waals surface area contributed by atoms with Crippen LogP contribution in [0.4, 0.5) is 0 Å². The van der Waals surface area contributed by atoms with E-state index in [1.165, 1.54) is 12.8 Å². The minimum Gasteiger partial charge on any atom is -0.311 e. The van der Waals surface area contributed by atoms with Gasteiger partial charge in [-0.2, -0.15) is 5.06 Å². The average molecular weight is 186 g/mol. The van der Waals surface area contributed by atoms with E-state index in [1.807, 2.05) is 0 Å². The lowest BCUT2D eigenvalue weighted by Gasteiger charge is -2.28. The van der Waals surface area contributed by atoms with E-state index >= 15 is 0 Å². The predicted octanol–water partition coefficient (Wildman–Crippen LogP) is 1.40. The molecule has 0 bridgehead atoms. The lowest BCUT2D eigenvalue weighted by molar-refractivity contribution is -0.179. The summed E-state index contributed by atoms with van der Waals surface area (Å²) < 4.78 is 0. The van der Waals surface area contributed by atoms with Gasteiger partial charge in [0.25, 0.3) is 0 Å². The lowest BCUT2D eigenvalue weighted by Crippen LogP contribution is -2.42. The molecule has 1 N–H and O–H groups in total. The third kappa shape index (κ3) is 5.24. The molecule has 1 saturated heterocycles. The van der Waals surface area contributed by atoms with Crippen LogP contribution in [0.15, 0.2) is 0 Å². The summed E-state index contributed by atoms with van der Waals surface area (Å²) in [6.45, 7) is 10.5. The fourth-order valence-electron chi connectivity index (χ4n) is 1.38. The number of hydrogen-bond donors (Lipinski definition) is 1. The van der Waals surface area contributed by atoms with Gasteiger partial charge in [0.15, 0.2) is 0 Å². The van der Waals surface area contributed by atoms with Gasteiger partial charge >= 0.3 is 0 Å². The van der Waals surface area contributed by atoms with Gasteiger partial charge in [0.2, 0.25) is 0 Å². The van der Waals surface area contributed by atoms with Crippen LogP contribution in [0.1, 0.15) is 33.6 Å². The highest BCUT2D eigenvalue weighted by Crippen LogP contribution is 2.05. The van der Waals surface area contributed by atoms with Crippen LogP contribution in [-0.4, -0.2) is 36.8 Å². The van der Waals surface area contributed by atoms with Crippen LogP contribution in [0, 0.1) is 0 Å². The van der Waals surface area contributed by atoms with Crippen LogP contribution in [0.25, 0.3) is 0 Å². The maximum atomic E-state index is 5.49. The summed E-state index contributed by atoms with van der Waals surface area (Å²) in [6.07, 6.45) is 2.48. The highest BCUT2D eigenvalue weighted by atomic mass is 16.7. The van der Waals surface area contributed by atoms with E-state index in [0.29, 0.717) is 0 Å². The highest BCUT2D eigenvalue weighted by Gasteiger charge is 2.12. The summed E-state index contributed by atoms with van der Waals surface area (Å²) >= 11 is 0. The molecule has 0 unspecified atom stereocenters. The van der Waals surface area contributed by atoms with Crippen molar-refractivity contribution in [1.82, 2.24) is 10.4 Å². The van der Waals surface area contributed by atoms with Gasteiger partial charge in [0.1, 0.15) is 0 Å². The fraction of sp³-hybridized carbons (Fsp3) is 1.00. The Kier molecular flexibility index (Phi) is 4.16. The van der Waals surface area contributed by atoms with Crippen LogP contribution in [0.2, 0.25) is 0 Å². The van der Waals surface area contributed by atoms with E-state index < -0.39 is 0 Å². The smallest absolute Gasteiger partial charge is 0.0685 e. The van der Waals surface area contributed by atoms with Gasteiger partial charge in [-0.25, -0.2) is 0 Å². The number of rotatable bonds is 3. The van der Waals surface area contributed by atoms with Crippen molar-refractivity contribution in [3.63, 3.8) is 0 Å². The summed E-state index contributed by atoms with van der Waals surface area (Å²) in [4.78, 5) is 5.49. The van der Waals surface area contributed by atoms with E-state index in [4.69, 9.17) is 4.84 Å². The van der Waals surface area contributed by atoms with Gasteiger partial charge in [0.05, 0.1) is 6.61 Å². The molecule has 1 rings (SSSR count). The number of nitrogens with zero attached hydrogens (tertiary/aromatic N) is 1. The normalized spacial score (nSPS) is 20.5. The molecular weight excluding hydrogens is 164 g/mol. The van der Waals surface area contributed by atoms with Crippen molar-refractivity contribution in [2.75, 3.05) is 26.2 Å². The second-order valence-electron chi connectivity index (χ2n) is 4.65. The van der Waals surface area contributed by atoms with Crippen molar-refractivity contribution in [2.24, 2.45) is 0 Å². The third-order valence-electron chi connectivity index (χ3n) is 2.09. The number of hydroxylamine groups is 2. The molecule has 0 amide bonds. The minimum atomic E-state index is 0.218. The molecule has 0 aromatic rings. The zero-order valence-corrected chi connectivity index (χ0v) is 9.10. The van der Waals surface area contributed by atoms with Crippen LogP contribution in [0.5, 0.6) is 0 Å². The van der Waals surface area contributed by atoms with Gasteiger partial charge in [-0.15, -0.1) is 0 Å². The van der Waals surface area contributed by atoms with E-state index in [9.17, 15) is 0 Å². The standard InChI is InChI=1S/C10H22N2O/c1-10(2,3)11-6-8-12-7-4-5-9-13-12/h11H,4-9H2,1-3H3. The molecular formula is C10H22N2O. The predicted molar refractivity (Wildman–Crippen MR) is 54.5 cm³/mol. The Morgan fingerprint density at radius 3 is 2.62 bits per heavy atom. The molecule has 0 aliphatic carbocycles. The SMILES string of the molecule is CC(C)(C)NCCN1CCCCO1. The van der Waals surface area contributed by atoms with Crippen LogP contribution < -0.4 is 5.32 Å².